The van der Waals surface area contributed by atoms with Gasteiger partial charge in [-0.3, -0.25) is 13.9 Å². The van der Waals surface area contributed by atoms with Crippen LogP contribution in [0, 0.1) is 12.8 Å². The fourth-order valence-corrected chi connectivity index (χ4v) is 5.54. The lowest BCUT2D eigenvalue weighted by Crippen LogP contribution is -2.53. The minimum atomic E-state index is -3.87. The number of sulfonamides is 1. The van der Waals surface area contributed by atoms with Crippen molar-refractivity contribution in [1.82, 2.24) is 10.2 Å². The van der Waals surface area contributed by atoms with Crippen molar-refractivity contribution >= 4 is 55.1 Å². The van der Waals surface area contributed by atoms with Crippen LogP contribution in [-0.4, -0.2) is 50.5 Å². The third-order valence-electron chi connectivity index (χ3n) is 6.34. The van der Waals surface area contributed by atoms with Gasteiger partial charge in [-0.25, -0.2) is 8.42 Å². The molecule has 7 nitrogen and oxygen atoms in total. The highest BCUT2D eigenvalue weighted by atomic mass is 79.9. The van der Waals surface area contributed by atoms with Gasteiger partial charge in [0.25, 0.3) is 0 Å². The number of nitrogens with zero attached hydrogens (tertiary/aromatic N) is 2. The third-order valence-corrected chi connectivity index (χ3v) is 8.23. The number of carbonyl (C=O) groups excluding carboxylic acids is 2. The average molecular weight is 649 g/mol. The molecule has 1 atom stereocenters. The molecule has 10 heteroatoms. The van der Waals surface area contributed by atoms with Crippen LogP contribution in [0.5, 0.6) is 0 Å². The zero-order chi connectivity index (χ0) is 29.4. The van der Waals surface area contributed by atoms with Gasteiger partial charge in [0.2, 0.25) is 21.8 Å². The van der Waals surface area contributed by atoms with Crippen molar-refractivity contribution in [3.63, 3.8) is 0 Å². The van der Waals surface area contributed by atoms with Crippen LogP contribution >= 0.6 is 27.5 Å². The Morgan fingerprint density at radius 2 is 1.62 bits per heavy atom. The molecule has 0 bridgehead atoms. The molecular weight excluding hydrogens is 614 g/mol. The number of nitrogens with one attached hydrogen (secondary N) is 1. The molecule has 1 N–H and O–H groups in total. The van der Waals surface area contributed by atoms with E-state index < -0.39 is 28.5 Å². The van der Waals surface area contributed by atoms with Crippen LogP contribution in [0.3, 0.4) is 0 Å². The van der Waals surface area contributed by atoms with E-state index in [0.29, 0.717) is 22.8 Å². The van der Waals surface area contributed by atoms with Gasteiger partial charge in [-0.05, 0) is 53.8 Å². The molecule has 0 fully saturated rings. The lowest BCUT2D eigenvalue weighted by atomic mass is 10.0. The maximum atomic E-state index is 14.1. The summed E-state index contributed by atoms with van der Waals surface area (Å²) in [5.41, 5.74) is 2.65. The number of halogens is 2. The van der Waals surface area contributed by atoms with E-state index in [4.69, 9.17) is 11.6 Å². The molecule has 3 aromatic rings. The minimum Gasteiger partial charge on any atom is -0.354 e. The van der Waals surface area contributed by atoms with E-state index in [1.807, 2.05) is 68.4 Å². The molecule has 2 amide bonds. The lowest BCUT2D eigenvalue weighted by molar-refractivity contribution is -0.140. The number of carbonyl (C=O) groups is 2. The number of aryl methyl sites for hydroxylation is 1. The zero-order valence-electron chi connectivity index (χ0n) is 23.1. The first-order chi connectivity index (χ1) is 18.8. The molecule has 0 heterocycles. The molecule has 40 heavy (non-hydrogen) atoms. The van der Waals surface area contributed by atoms with Crippen molar-refractivity contribution in [1.29, 1.82) is 0 Å². The summed E-state index contributed by atoms with van der Waals surface area (Å²) in [5.74, 6) is -0.593. The van der Waals surface area contributed by atoms with E-state index in [2.05, 4.69) is 21.2 Å². The highest BCUT2D eigenvalue weighted by molar-refractivity contribution is 9.10. The summed E-state index contributed by atoms with van der Waals surface area (Å²) in [7, 11) is -3.87. The van der Waals surface area contributed by atoms with Crippen molar-refractivity contribution in [3.8, 4) is 0 Å². The summed E-state index contributed by atoms with van der Waals surface area (Å²) < 4.78 is 27.8. The Morgan fingerprint density at radius 1 is 0.975 bits per heavy atom. The van der Waals surface area contributed by atoms with E-state index in [9.17, 15) is 18.0 Å². The number of hydrogen-bond donors (Lipinski definition) is 1. The summed E-state index contributed by atoms with van der Waals surface area (Å²) in [6.45, 7) is 5.82. The smallest absolute Gasteiger partial charge is 0.244 e. The molecule has 214 valence electrons. The number of amides is 2. The predicted octanol–water partition coefficient (Wildman–Crippen LogP) is 5.59. The highest BCUT2D eigenvalue weighted by Crippen LogP contribution is 2.27. The van der Waals surface area contributed by atoms with Gasteiger partial charge in [-0.1, -0.05) is 89.9 Å². The minimum absolute atomic E-state index is 0.116. The van der Waals surface area contributed by atoms with Crippen LogP contribution in [0.15, 0.2) is 77.3 Å². The van der Waals surface area contributed by atoms with Gasteiger partial charge in [0.15, 0.2) is 0 Å². The number of anilines is 1. The first kappa shape index (κ1) is 31.6. The average Bonchev–Trinajstić information content (AvgIpc) is 2.90. The van der Waals surface area contributed by atoms with Crippen LogP contribution in [0.2, 0.25) is 5.02 Å². The molecular formula is C30H35BrClN3O4S. The Morgan fingerprint density at radius 3 is 2.23 bits per heavy atom. The molecule has 0 saturated heterocycles. The second-order valence-corrected chi connectivity index (χ2v) is 13.5. The fourth-order valence-electron chi connectivity index (χ4n) is 4.21. The van der Waals surface area contributed by atoms with Gasteiger partial charge >= 0.3 is 0 Å². The van der Waals surface area contributed by atoms with Crippen molar-refractivity contribution in [2.75, 3.05) is 23.7 Å². The second-order valence-electron chi connectivity index (χ2n) is 10.2. The lowest BCUT2D eigenvalue weighted by Gasteiger charge is -2.34. The molecule has 0 radical (unpaired) electrons. The quantitative estimate of drug-likeness (QED) is 0.278. The van der Waals surface area contributed by atoms with Gasteiger partial charge in [-0.2, -0.15) is 0 Å². The Kier molecular flexibility index (Phi) is 11.2. The summed E-state index contributed by atoms with van der Waals surface area (Å²) in [4.78, 5) is 29.2. The van der Waals surface area contributed by atoms with Crippen LogP contribution < -0.4 is 9.62 Å². The molecule has 0 aliphatic heterocycles. The predicted molar refractivity (Wildman–Crippen MR) is 165 cm³/mol. The number of hydrogen-bond acceptors (Lipinski definition) is 4. The van der Waals surface area contributed by atoms with Crippen molar-refractivity contribution < 1.29 is 18.0 Å². The van der Waals surface area contributed by atoms with Crippen molar-refractivity contribution in [2.24, 2.45) is 5.92 Å². The summed E-state index contributed by atoms with van der Waals surface area (Å²) in [5, 5.41) is 3.33. The molecule has 0 unspecified atom stereocenters. The molecule has 0 spiro atoms. The molecule has 0 saturated carbocycles. The van der Waals surface area contributed by atoms with Crippen molar-refractivity contribution in [2.45, 2.75) is 39.8 Å². The van der Waals surface area contributed by atoms with Crippen LogP contribution in [-0.2, 0) is 32.6 Å². The van der Waals surface area contributed by atoms with Crippen LogP contribution in [0.4, 0.5) is 5.69 Å². The Labute approximate surface area is 250 Å². The summed E-state index contributed by atoms with van der Waals surface area (Å²) in [6.07, 6.45) is 1.32. The number of rotatable bonds is 12. The van der Waals surface area contributed by atoms with Crippen LogP contribution in [0.1, 0.15) is 30.5 Å². The monoisotopic (exact) mass is 647 g/mol. The Bertz CT molecular complexity index is 1420. The maximum Gasteiger partial charge on any atom is 0.244 e. The topological polar surface area (TPSA) is 86.8 Å². The molecule has 0 aliphatic rings. The largest absolute Gasteiger partial charge is 0.354 e. The third kappa shape index (κ3) is 9.08. The maximum absolute atomic E-state index is 14.1. The van der Waals surface area contributed by atoms with E-state index >= 15 is 0 Å². The van der Waals surface area contributed by atoms with Crippen molar-refractivity contribution in [3.05, 3.63) is 99.0 Å². The van der Waals surface area contributed by atoms with E-state index in [0.717, 1.165) is 26.2 Å². The van der Waals surface area contributed by atoms with E-state index in [1.54, 1.807) is 19.1 Å². The van der Waals surface area contributed by atoms with Gasteiger partial charge in [0, 0.05) is 29.0 Å². The highest BCUT2D eigenvalue weighted by Gasteiger charge is 2.33. The standard InChI is InChI=1S/C30H35BrClN3O4S/c1-21(2)18-33-30(37)28(16-23-8-6-5-7-9-23)34(19-24-11-13-25(31)14-12-24)29(36)20-35(40(4,38)39)27-17-26(32)15-10-22(27)3/h5-15,17,21,28H,16,18-20H2,1-4H3,(H,33,37)/t28-/m0/s1. The fraction of sp³-hybridized carbons (Fsp3) is 0.333. The van der Waals surface area contributed by atoms with Crippen LogP contribution in [0.25, 0.3) is 0 Å². The van der Waals surface area contributed by atoms with Gasteiger partial charge < -0.3 is 10.2 Å². The normalized spacial score (nSPS) is 12.2. The molecule has 3 rings (SSSR count). The van der Waals surface area contributed by atoms with Gasteiger partial charge in [0.1, 0.15) is 12.6 Å². The molecule has 0 aromatic heterocycles. The second kappa shape index (κ2) is 14.1. The summed E-state index contributed by atoms with van der Waals surface area (Å²) >= 11 is 9.63. The molecule has 3 aromatic carbocycles. The Balaban J connectivity index is 2.06. The molecule has 0 aliphatic carbocycles. The van der Waals surface area contributed by atoms with Gasteiger partial charge in [0.05, 0.1) is 11.9 Å². The van der Waals surface area contributed by atoms with E-state index in [-0.39, 0.29) is 24.8 Å². The Hall–Kier alpha value is -2.88. The zero-order valence-corrected chi connectivity index (χ0v) is 26.3. The SMILES string of the molecule is Cc1ccc(Cl)cc1N(CC(=O)N(Cc1ccc(Br)cc1)[C@@H](Cc1ccccc1)C(=O)NCC(C)C)S(C)(=O)=O. The first-order valence-electron chi connectivity index (χ1n) is 12.9. The number of benzene rings is 3. The van der Waals surface area contributed by atoms with E-state index in [1.165, 1.54) is 11.0 Å². The summed E-state index contributed by atoms with van der Waals surface area (Å²) in [6, 6.07) is 20.9. The van der Waals surface area contributed by atoms with Gasteiger partial charge in [-0.15, -0.1) is 0 Å². The first-order valence-corrected chi connectivity index (χ1v) is 16.0.